The summed E-state index contributed by atoms with van der Waals surface area (Å²) in [6.45, 7) is -11.4. The number of carbonyl (C=O) groups is 1. The van der Waals surface area contributed by atoms with Crippen molar-refractivity contribution in [3.8, 4) is 11.5 Å². The highest BCUT2D eigenvalue weighted by Gasteiger charge is 2.27. The summed E-state index contributed by atoms with van der Waals surface area (Å²) < 4.78 is 176. The Balaban J connectivity index is 1.96. The largest absolute Gasteiger partial charge is 0.486 e. The molecular formula is C23H36N2O4. The van der Waals surface area contributed by atoms with Gasteiger partial charge < -0.3 is 24.8 Å². The fourth-order valence-corrected chi connectivity index (χ4v) is 2.77. The molecule has 1 fully saturated rings. The van der Waals surface area contributed by atoms with Crippen LogP contribution in [-0.4, -0.2) is 54.7 Å². The molecule has 1 aromatic carbocycles. The van der Waals surface area contributed by atoms with E-state index in [1.165, 1.54) is 11.0 Å². The second-order valence-corrected chi connectivity index (χ2v) is 6.11. The van der Waals surface area contributed by atoms with E-state index < -0.39 is 109 Å². The Hall–Kier alpha value is -1.79. The van der Waals surface area contributed by atoms with Crippen molar-refractivity contribution in [2.24, 2.45) is 0 Å². The third kappa shape index (κ3) is 6.61. The fraction of sp³-hybridized carbons (Fsp3) is 0.696. The average molecular weight is 426 g/mol. The summed E-state index contributed by atoms with van der Waals surface area (Å²) in [5.41, 5.74) is -0.143. The number of likely N-dealkylation sites (tertiary alicyclic amines) is 1. The SMILES string of the molecule is [2H]C([2H])([2H])C([2H])([2H])C([2H])([2H])C([2H])([2H])C([2H])([2H])C([2H])([2H])CC(=O)N[C@H](CN1CC([2H])([2H])C([2H])([2H])C1)[C@H](O)c1ccc2c(c1)OC([2H])([2H])C([2H])([2H])O2. The molecule has 2 heterocycles. The van der Waals surface area contributed by atoms with Crippen molar-refractivity contribution in [1.82, 2.24) is 10.2 Å². The van der Waals surface area contributed by atoms with Crippen LogP contribution < -0.4 is 14.8 Å². The van der Waals surface area contributed by atoms with Crippen LogP contribution >= 0.6 is 0 Å². The second kappa shape index (κ2) is 11.4. The molecule has 2 atom stereocenters. The molecule has 2 aliphatic rings. The van der Waals surface area contributed by atoms with Crippen LogP contribution in [0.2, 0.25) is 0 Å². The molecule has 1 amide bonds. The summed E-state index contributed by atoms with van der Waals surface area (Å²) in [5, 5.41) is 13.6. The molecule has 6 heteroatoms. The number of rotatable bonds is 11. The monoisotopic (exact) mass is 425 g/mol. The summed E-state index contributed by atoms with van der Waals surface area (Å²) in [6.07, 6.45) is -28.5. The molecule has 0 bridgehead atoms. The number of carbonyl (C=O) groups excluding carboxylic acids is 1. The van der Waals surface area contributed by atoms with E-state index in [2.05, 4.69) is 5.32 Å². The number of aliphatic hydroxyl groups excluding tert-OH is 1. The Morgan fingerprint density at radius 3 is 2.79 bits per heavy atom. The number of fused-ring (bicyclic) bond motifs is 1. The van der Waals surface area contributed by atoms with Crippen LogP contribution in [0.4, 0.5) is 0 Å². The first-order valence-corrected chi connectivity index (χ1v) is 8.70. The highest BCUT2D eigenvalue weighted by atomic mass is 16.6. The van der Waals surface area contributed by atoms with Crippen LogP contribution in [0.5, 0.6) is 11.5 Å². The van der Waals surface area contributed by atoms with Crippen LogP contribution in [-0.2, 0) is 4.79 Å². The molecular weight excluding hydrogens is 368 g/mol. The highest BCUT2D eigenvalue weighted by Crippen LogP contribution is 2.33. The minimum Gasteiger partial charge on any atom is -0.486 e. The van der Waals surface area contributed by atoms with Crippen LogP contribution in [0.15, 0.2) is 18.2 Å². The quantitative estimate of drug-likeness (QED) is 0.568. The molecule has 0 aliphatic carbocycles. The molecule has 0 saturated carbocycles. The van der Waals surface area contributed by atoms with Crippen LogP contribution in [0.1, 0.15) is 98.3 Å². The van der Waals surface area contributed by atoms with Crippen molar-refractivity contribution in [3.63, 3.8) is 0 Å². The van der Waals surface area contributed by atoms with Crippen molar-refractivity contribution < 1.29 is 48.2 Å². The van der Waals surface area contributed by atoms with Crippen molar-refractivity contribution in [2.45, 2.75) is 70.0 Å². The van der Waals surface area contributed by atoms with E-state index in [1.807, 2.05) is 0 Å². The van der Waals surface area contributed by atoms with E-state index in [0.29, 0.717) is 0 Å². The molecule has 0 aromatic heterocycles. The smallest absolute Gasteiger partial charge is 0.220 e. The number of nitrogens with one attached hydrogen (secondary N) is 1. The first kappa shape index (κ1) is 7.41. The van der Waals surface area contributed by atoms with Crippen LogP contribution in [0, 0.1) is 0 Å². The van der Waals surface area contributed by atoms with Gasteiger partial charge in [-0.3, -0.25) is 4.79 Å². The summed E-state index contributed by atoms with van der Waals surface area (Å²) in [4.78, 5) is 14.5. The van der Waals surface area contributed by atoms with E-state index in [0.717, 1.165) is 12.1 Å². The molecule has 0 unspecified atom stereocenters. The van der Waals surface area contributed by atoms with Gasteiger partial charge in [-0.2, -0.15) is 0 Å². The lowest BCUT2D eigenvalue weighted by molar-refractivity contribution is -0.123. The molecule has 29 heavy (non-hydrogen) atoms. The van der Waals surface area contributed by atoms with E-state index in [1.54, 1.807) is 0 Å². The summed E-state index contributed by atoms with van der Waals surface area (Å²) in [6, 6.07) is 1.70. The van der Waals surface area contributed by atoms with Gasteiger partial charge in [0.15, 0.2) is 11.5 Å². The standard InChI is InChI=1S/C23H36N2O4/c1-2-3-4-5-6-9-22(26)24-19(17-25-12-7-8-13-25)23(27)18-10-11-20-21(16-18)29-15-14-28-20/h10-11,16,19,23,27H,2-9,12-15,17H2,1H3,(H,24,26)/t19-,23-/m1/s1/i1D3,2D2,3D2,4D2,5D2,6D2,7D2,8D2,14D2,15D2. The minimum absolute atomic E-state index is 0.143. The van der Waals surface area contributed by atoms with Gasteiger partial charge in [0.1, 0.15) is 19.2 Å². The van der Waals surface area contributed by atoms with E-state index >= 15 is 0 Å². The van der Waals surface area contributed by atoms with Gasteiger partial charge in [-0.1, -0.05) is 38.4 Å². The summed E-state index contributed by atoms with van der Waals surface area (Å²) in [5.74, 6) is -2.08. The van der Waals surface area contributed by atoms with Gasteiger partial charge in [-0.05, 0) is 49.9 Å². The number of amides is 1. The molecule has 3 rings (SSSR count). The highest BCUT2D eigenvalue weighted by molar-refractivity contribution is 5.76. The molecule has 1 saturated heterocycles. The van der Waals surface area contributed by atoms with Gasteiger partial charge in [-0.25, -0.2) is 0 Å². The van der Waals surface area contributed by atoms with Gasteiger partial charge >= 0.3 is 0 Å². The van der Waals surface area contributed by atoms with Crippen LogP contribution in [0.3, 0.4) is 0 Å². The van der Waals surface area contributed by atoms with Crippen molar-refractivity contribution in [2.75, 3.05) is 32.8 Å². The van der Waals surface area contributed by atoms with Crippen molar-refractivity contribution in [3.05, 3.63) is 23.8 Å². The number of nitrogens with zero attached hydrogens (tertiary/aromatic N) is 1. The Morgan fingerprint density at radius 2 is 2.00 bits per heavy atom. The molecule has 2 N–H and O–H groups in total. The Labute approximate surface area is 204 Å². The zero-order chi connectivity index (χ0) is 39.1. The Bertz CT molecular complexity index is 1430. The predicted octanol–water partition coefficient (Wildman–Crippen LogP) is 3.43. The summed E-state index contributed by atoms with van der Waals surface area (Å²) >= 11 is 0. The van der Waals surface area contributed by atoms with E-state index in [9.17, 15) is 9.90 Å². The fourth-order valence-electron chi connectivity index (χ4n) is 2.77. The molecule has 162 valence electrons. The first-order chi connectivity index (χ1) is 22.0. The topological polar surface area (TPSA) is 71.0 Å². The number of hydrogen-bond acceptors (Lipinski definition) is 5. The van der Waals surface area contributed by atoms with Gasteiger partial charge in [0.05, 0.1) is 11.5 Å². The summed E-state index contributed by atoms with van der Waals surface area (Å²) in [7, 11) is 0. The zero-order valence-corrected chi connectivity index (χ0v) is 15.3. The number of ether oxygens (including phenoxy) is 2. The number of aliphatic hydroxyl groups is 1. The van der Waals surface area contributed by atoms with Gasteiger partial charge in [0.25, 0.3) is 0 Å². The lowest BCUT2D eigenvalue weighted by Gasteiger charge is -2.29. The van der Waals surface area contributed by atoms with E-state index in [4.69, 9.17) is 38.3 Å². The normalized spacial score (nSPS) is 39.0. The molecule has 2 aliphatic heterocycles. The minimum atomic E-state index is -4.22. The first-order valence-electron chi connectivity index (χ1n) is 19.2. The number of hydrogen-bond donors (Lipinski definition) is 2. The predicted molar refractivity (Wildman–Crippen MR) is 113 cm³/mol. The lowest BCUT2D eigenvalue weighted by atomic mass is 10.0. The Morgan fingerprint density at radius 1 is 1.24 bits per heavy atom. The average Bonchev–Trinajstić information content (AvgIpc) is 3.11. The van der Waals surface area contributed by atoms with Crippen molar-refractivity contribution in [1.29, 1.82) is 0 Å². The van der Waals surface area contributed by atoms with Crippen LogP contribution in [0.25, 0.3) is 0 Å². The molecule has 0 radical (unpaired) electrons. The lowest BCUT2D eigenvalue weighted by Crippen LogP contribution is -2.46. The Kier molecular flexibility index (Phi) is 2.92. The van der Waals surface area contributed by atoms with Crippen molar-refractivity contribution >= 4 is 5.91 Å². The maximum Gasteiger partial charge on any atom is 0.220 e. The number of benzene rings is 1. The van der Waals surface area contributed by atoms with E-state index in [-0.39, 0.29) is 17.1 Å². The second-order valence-electron chi connectivity index (χ2n) is 6.11. The van der Waals surface area contributed by atoms with Gasteiger partial charge in [0, 0.05) is 36.3 Å². The molecule has 1 aromatic rings. The third-order valence-electron chi connectivity index (χ3n) is 4.11. The maximum atomic E-state index is 13.3. The van der Waals surface area contributed by atoms with Gasteiger partial charge in [-0.15, -0.1) is 0 Å². The molecule has 6 nitrogen and oxygen atoms in total. The maximum absolute atomic E-state index is 13.3. The molecule has 0 spiro atoms. The van der Waals surface area contributed by atoms with Gasteiger partial charge in [0.2, 0.25) is 5.91 Å². The third-order valence-corrected chi connectivity index (χ3v) is 4.11. The zero-order valence-electron chi connectivity index (χ0n) is 36.3.